The Kier molecular flexibility index (Phi) is 4.53. The molecule has 0 spiro atoms. The first kappa shape index (κ1) is 14.8. The largest absolute Gasteiger partial charge is 0.364 e. The van der Waals surface area contributed by atoms with Crippen LogP contribution in [0.15, 0.2) is 93.8 Å². The molecule has 22 heavy (non-hydrogen) atoms. The van der Waals surface area contributed by atoms with Crippen LogP contribution in [0.3, 0.4) is 0 Å². The molecule has 0 saturated heterocycles. The summed E-state index contributed by atoms with van der Waals surface area (Å²) >= 11 is 0. The molecule has 0 aliphatic carbocycles. The topological polar surface area (TPSA) is 53.4 Å². The number of rotatable bonds is 4. The molecule has 1 aromatic heterocycles. The van der Waals surface area contributed by atoms with Crippen molar-refractivity contribution < 1.29 is 10.2 Å². The predicted octanol–water partition coefficient (Wildman–Crippen LogP) is 3.16. The smallest absolute Gasteiger partial charge is 0.258 e. The van der Waals surface area contributed by atoms with Crippen molar-refractivity contribution in [1.29, 1.82) is 0 Å². The summed E-state index contributed by atoms with van der Waals surface area (Å²) in [5, 5.41) is 19.3. The number of aromatic nitrogens is 1. The third kappa shape index (κ3) is 3.20. The van der Waals surface area contributed by atoms with Gasteiger partial charge in [-0.3, -0.25) is 0 Å². The molecule has 0 bridgehead atoms. The molecule has 0 atom stereocenters. The van der Waals surface area contributed by atoms with Crippen LogP contribution in [-0.2, 0) is 10.9 Å². The standard InChI is InChI=1S/C18H16NO2S/c20-18(21)14-11-12-17(19-13-14)22(15-7-3-1-4-8-15)16-9-5-2-6-10-16/h1-13,18,20-21H/q+1. The number of aliphatic hydroxyl groups excluding tert-OH is 1. The second-order valence-electron chi connectivity index (χ2n) is 4.74. The average molecular weight is 310 g/mol. The van der Waals surface area contributed by atoms with E-state index < -0.39 is 6.29 Å². The molecule has 2 aromatic carbocycles. The molecule has 110 valence electrons. The van der Waals surface area contributed by atoms with Crippen molar-refractivity contribution >= 4 is 10.9 Å². The summed E-state index contributed by atoms with van der Waals surface area (Å²) in [6, 6.07) is 24.0. The maximum Gasteiger partial charge on any atom is 0.258 e. The first-order valence-corrected chi connectivity index (χ1v) is 8.14. The van der Waals surface area contributed by atoms with Crippen LogP contribution < -0.4 is 0 Å². The zero-order valence-corrected chi connectivity index (χ0v) is 12.6. The van der Waals surface area contributed by atoms with E-state index >= 15 is 0 Å². The van der Waals surface area contributed by atoms with Gasteiger partial charge < -0.3 is 10.2 Å². The van der Waals surface area contributed by atoms with Gasteiger partial charge in [0.25, 0.3) is 5.03 Å². The second kappa shape index (κ2) is 6.75. The van der Waals surface area contributed by atoms with Gasteiger partial charge in [-0.25, -0.2) is 4.98 Å². The Balaban J connectivity index is 2.06. The third-order valence-corrected chi connectivity index (χ3v) is 5.37. The quantitative estimate of drug-likeness (QED) is 0.575. The lowest BCUT2D eigenvalue weighted by atomic mass is 10.3. The Labute approximate surface area is 132 Å². The Morgan fingerprint density at radius 3 is 1.68 bits per heavy atom. The van der Waals surface area contributed by atoms with Crippen LogP contribution in [0.5, 0.6) is 0 Å². The lowest BCUT2D eigenvalue weighted by Gasteiger charge is -2.08. The highest BCUT2D eigenvalue weighted by atomic mass is 32.2. The average Bonchev–Trinajstić information content (AvgIpc) is 2.57. The van der Waals surface area contributed by atoms with Crippen molar-refractivity contribution in [3.05, 3.63) is 84.6 Å². The highest BCUT2D eigenvalue weighted by Crippen LogP contribution is 2.29. The van der Waals surface area contributed by atoms with Gasteiger partial charge in [-0.1, -0.05) is 36.4 Å². The van der Waals surface area contributed by atoms with Crippen LogP contribution in [0, 0.1) is 0 Å². The van der Waals surface area contributed by atoms with Crippen LogP contribution in [0.25, 0.3) is 0 Å². The first-order valence-electron chi connectivity index (χ1n) is 6.92. The van der Waals surface area contributed by atoms with Crippen molar-refractivity contribution in [2.45, 2.75) is 21.1 Å². The Hall–Kier alpha value is -2.14. The van der Waals surface area contributed by atoms with Crippen LogP contribution in [0.1, 0.15) is 11.9 Å². The molecule has 2 N–H and O–H groups in total. The maximum absolute atomic E-state index is 9.21. The van der Waals surface area contributed by atoms with Gasteiger partial charge >= 0.3 is 0 Å². The van der Waals surface area contributed by atoms with E-state index in [1.165, 1.54) is 16.0 Å². The highest BCUT2D eigenvalue weighted by molar-refractivity contribution is 7.97. The maximum atomic E-state index is 9.21. The van der Waals surface area contributed by atoms with E-state index in [-0.39, 0.29) is 10.9 Å². The SMILES string of the molecule is OC(O)c1ccc([S+](c2ccccc2)c2ccccc2)nc1. The molecule has 0 aliphatic heterocycles. The molecule has 3 rings (SSSR count). The second-order valence-corrected chi connectivity index (χ2v) is 6.71. The lowest BCUT2D eigenvalue weighted by Crippen LogP contribution is -2.07. The molecule has 1 heterocycles. The summed E-state index contributed by atoms with van der Waals surface area (Å²) in [5.74, 6) is 0. The summed E-state index contributed by atoms with van der Waals surface area (Å²) in [7, 11) is -0.311. The molecule has 3 nitrogen and oxygen atoms in total. The van der Waals surface area contributed by atoms with E-state index in [0.29, 0.717) is 5.56 Å². The minimum atomic E-state index is -1.49. The van der Waals surface area contributed by atoms with Gasteiger partial charge in [0.2, 0.25) is 0 Å². The molecule has 4 heteroatoms. The first-order chi connectivity index (χ1) is 10.8. The number of hydrogen-bond acceptors (Lipinski definition) is 3. The summed E-state index contributed by atoms with van der Waals surface area (Å²) in [6.07, 6.45) is 0.0306. The van der Waals surface area contributed by atoms with Crippen molar-refractivity contribution in [3.8, 4) is 0 Å². The fourth-order valence-corrected chi connectivity index (χ4v) is 4.13. The molecule has 0 fully saturated rings. The fourth-order valence-electron chi connectivity index (χ4n) is 2.16. The highest BCUT2D eigenvalue weighted by Gasteiger charge is 2.29. The van der Waals surface area contributed by atoms with E-state index in [1.807, 2.05) is 42.5 Å². The predicted molar refractivity (Wildman–Crippen MR) is 86.5 cm³/mol. The van der Waals surface area contributed by atoms with Gasteiger partial charge in [0, 0.05) is 17.8 Å². The van der Waals surface area contributed by atoms with Crippen molar-refractivity contribution in [3.63, 3.8) is 0 Å². The third-order valence-electron chi connectivity index (χ3n) is 3.22. The zero-order valence-electron chi connectivity index (χ0n) is 11.8. The summed E-state index contributed by atoms with van der Waals surface area (Å²) < 4.78 is 0. The van der Waals surface area contributed by atoms with Crippen LogP contribution in [0.4, 0.5) is 0 Å². The summed E-state index contributed by atoms with van der Waals surface area (Å²) in [5.41, 5.74) is 0.397. The van der Waals surface area contributed by atoms with Crippen molar-refractivity contribution in [1.82, 2.24) is 4.98 Å². The molecule has 0 radical (unpaired) electrons. The van der Waals surface area contributed by atoms with E-state index in [9.17, 15) is 10.2 Å². The van der Waals surface area contributed by atoms with Gasteiger partial charge in [0.05, 0.1) is 0 Å². The number of hydrogen-bond donors (Lipinski definition) is 2. The number of nitrogens with zero attached hydrogens (tertiary/aromatic N) is 1. The van der Waals surface area contributed by atoms with E-state index in [4.69, 9.17) is 0 Å². The molecule has 0 amide bonds. The van der Waals surface area contributed by atoms with Crippen LogP contribution in [-0.4, -0.2) is 15.2 Å². The normalized spacial score (nSPS) is 11.1. The minimum Gasteiger partial charge on any atom is -0.364 e. The minimum absolute atomic E-state index is 0.311. The van der Waals surface area contributed by atoms with Gasteiger partial charge in [0.1, 0.15) is 10.9 Å². The van der Waals surface area contributed by atoms with Gasteiger partial charge in [0.15, 0.2) is 16.1 Å². The summed E-state index contributed by atoms with van der Waals surface area (Å²) in [6.45, 7) is 0. The van der Waals surface area contributed by atoms with Gasteiger partial charge in [-0.15, -0.1) is 0 Å². The lowest BCUT2D eigenvalue weighted by molar-refractivity contribution is -0.0427. The molecular formula is C18H16NO2S+. The van der Waals surface area contributed by atoms with Crippen molar-refractivity contribution in [2.75, 3.05) is 0 Å². The number of pyridine rings is 1. The van der Waals surface area contributed by atoms with Crippen molar-refractivity contribution in [2.24, 2.45) is 0 Å². The number of benzene rings is 2. The Morgan fingerprint density at radius 2 is 1.27 bits per heavy atom. The van der Waals surface area contributed by atoms with Crippen LogP contribution >= 0.6 is 0 Å². The monoisotopic (exact) mass is 310 g/mol. The van der Waals surface area contributed by atoms with Gasteiger partial charge in [-0.2, -0.15) is 0 Å². The molecular weight excluding hydrogens is 294 g/mol. The molecule has 0 aliphatic rings. The van der Waals surface area contributed by atoms with Crippen LogP contribution in [0.2, 0.25) is 0 Å². The Morgan fingerprint density at radius 1 is 0.727 bits per heavy atom. The Bertz CT molecular complexity index is 676. The molecule has 0 unspecified atom stereocenters. The van der Waals surface area contributed by atoms with E-state index in [2.05, 4.69) is 29.2 Å². The molecule has 3 aromatic rings. The van der Waals surface area contributed by atoms with Gasteiger partial charge in [-0.05, 0) is 30.3 Å². The molecule has 0 saturated carbocycles. The summed E-state index contributed by atoms with van der Waals surface area (Å²) in [4.78, 5) is 6.80. The number of aliphatic hydroxyl groups is 2. The fraction of sp³-hybridized carbons (Fsp3) is 0.0556. The van der Waals surface area contributed by atoms with E-state index in [0.717, 1.165) is 5.03 Å². The zero-order chi connectivity index (χ0) is 15.4. The van der Waals surface area contributed by atoms with E-state index in [1.54, 1.807) is 6.07 Å².